The highest BCUT2D eigenvalue weighted by atomic mass is 31.2. The lowest BCUT2D eigenvalue weighted by atomic mass is 9.68. The van der Waals surface area contributed by atoms with Gasteiger partial charge in [-0.05, 0) is 336 Å². The molecule has 0 radical (unpaired) electrons. The predicted octanol–water partition coefficient (Wildman–Crippen LogP) is 19.4. The molecule has 5 heteroatoms. The average Bonchev–Trinajstić information content (AvgIpc) is 1.36. The van der Waals surface area contributed by atoms with Gasteiger partial charge in [-0.3, -0.25) is 0 Å². The first kappa shape index (κ1) is 38.5. The molecule has 0 atom stereocenters. The molecule has 0 saturated heterocycles. The Bertz CT molecular complexity index is 8080. The summed E-state index contributed by atoms with van der Waals surface area (Å²) >= 11 is 0. The van der Waals surface area contributed by atoms with Gasteiger partial charge in [0.15, 0.2) is 0 Å². The Hall–Kier alpha value is -10.9. The van der Waals surface area contributed by atoms with Crippen LogP contribution < -0.4 is 15.9 Å². The van der Waals surface area contributed by atoms with Gasteiger partial charge in [-0.15, -0.1) is 0 Å². The molecule has 0 amide bonds. The zero-order valence-corrected chi connectivity index (χ0v) is 48.3. The molecule has 31 aromatic carbocycles. The van der Waals surface area contributed by atoms with Crippen molar-refractivity contribution in [1.82, 2.24) is 0 Å². The second-order valence-electron chi connectivity index (χ2n) is 30.4. The maximum atomic E-state index is 17.8. The molecule has 0 aromatic heterocycles. The molecule has 4 nitrogen and oxygen atoms in total. The number of methoxy groups -OCH3 is 2. The van der Waals surface area contributed by atoms with E-state index in [9.17, 15) is 0 Å². The van der Waals surface area contributed by atoms with Gasteiger partial charge in [0.25, 0.3) is 0 Å². The molecule has 0 bridgehead atoms. The van der Waals surface area contributed by atoms with E-state index in [2.05, 4.69) is 97.1 Å². The van der Waals surface area contributed by atoms with Gasteiger partial charge in [0.1, 0.15) is 0 Å². The third-order valence-corrected chi connectivity index (χ3v) is 34.0. The highest BCUT2D eigenvalue weighted by Gasteiger charge is 2.95. The van der Waals surface area contributed by atoms with Crippen LogP contribution in [0.15, 0.2) is 103 Å². The second kappa shape index (κ2) is 9.61. The molecular formula is C86H23O4P. The minimum atomic E-state index is -3.44. The van der Waals surface area contributed by atoms with Crippen LogP contribution in [0, 0.1) is 5.41 Å². The van der Waals surface area contributed by atoms with Crippen molar-refractivity contribution in [2.24, 2.45) is 5.41 Å². The van der Waals surface area contributed by atoms with Crippen molar-refractivity contribution in [2.45, 2.75) is 10.8 Å². The van der Waals surface area contributed by atoms with Crippen LogP contribution in [0.1, 0.15) is 22.3 Å². The molecule has 0 heterocycles. The first-order chi connectivity index (χ1) is 45.1. The van der Waals surface area contributed by atoms with Crippen LogP contribution in [0.4, 0.5) is 0 Å². The van der Waals surface area contributed by atoms with Crippen molar-refractivity contribution in [3.8, 4) is 0 Å². The van der Waals surface area contributed by atoms with Crippen LogP contribution in [0.25, 0.3) is 291 Å². The number of allylic oxidation sites excluding steroid dienone is 1. The number of hydrogen-bond donors (Lipinski definition) is 0. The zero-order chi connectivity index (χ0) is 56.4. The van der Waals surface area contributed by atoms with Crippen molar-refractivity contribution >= 4 is 331 Å². The number of hydrogen-bond acceptors (Lipinski definition) is 4. The molecule has 36 rings (SSSR count). The number of esters is 2. The topological polar surface area (TPSA) is 52.6 Å². The van der Waals surface area contributed by atoms with Crippen molar-refractivity contribution in [2.75, 3.05) is 14.2 Å². The SMILES string of the molecule is COC(=O)/C=C/C1(C(C(=O)OC)=P(c2ccccc2)(c2ccccc2)c2ccccc2)C23c4c5c6c7c8c9c(c%10c%11c2c2c4c4c%12c5c5c6c6c8c8c%13c9c9c%10c%10c%11c%11c2c2c4c4c%12c%12c5c5c6c8c6c8c%13c9c9c%10c%10c%11c2c2c4c4c%12c5c6c5c8c9c%10c2c45)C713. The quantitative estimate of drug-likeness (QED) is 0.0691. The molecule has 5 aliphatic rings. The lowest BCUT2D eigenvalue weighted by Gasteiger charge is -2.36. The van der Waals surface area contributed by atoms with Gasteiger partial charge in [-0.25, -0.2) is 9.59 Å². The van der Waals surface area contributed by atoms with E-state index in [0.717, 1.165) is 21.2 Å². The van der Waals surface area contributed by atoms with Crippen LogP contribution in [-0.4, -0.2) is 31.5 Å². The van der Waals surface area contributed by atoms with Gasteiger partial charge in [-0.1, -0.05) is 97.1 Å². The fraction of sp³-hybridized carbons (Fsp3) is 0.0581. The van der Waals surface area contributed by atoms with Crippen LogP contribution in [-0.2, 0) is 29.9 Å². The molecule has 1 saturated carbocycles. The molecule has 5 aliphatic carbocycles. The molecule has 31 aromatic rings. The summed E-state index contributed by atoms with van der Waals surface area (Å²) in [6, 6.07) is 33.3. The van der Waals surface area contributed by atoms with E-state index in [1.54, 1.807) is 110 Å². The van der Waals surface area contributed by atoms with Gasteiger partial charge < -0.3 is 9.47 Å². The Kier molecular flexibility index (Phi) is 4.06. The maximum absolute atomic E-state index is 17.8. The largest absolute Gasteiger partial charge is 0.466 e. The van der Waals surface area contributed by atoms with Gasteiger partial charge in [0.2, 0.25) is 0 Å². The van der Waals surface area contributed by atoms with E-state index in [-0.39, 0.29) is 5.97 Å². The molecule has 2 spiro atoms. The maximum Gasteiger partial charge on any atom is 0.335 e. The Labute approximate surface area is 502 Å². The average molecular weight is 1150 g/mol. The third kappa shape index (κ3) is 2.36. The molecule has 1 fully saturated rings. The molecule has 0 aliphatic heterocycles. The van der Waals surface area contributed by atoms with Crippen molar-refractivity contribution in [3.05, 3.63) is 125 Å². The Balaban J connectivity index is 1.01. The van der Waals surface area contributed by atoms with Gasteiger partial charge in [-0.2, -0.15) is 0 Å². The standard InChI is InChI=1S/C86H23O4P/c1-89-23(87)18-19-84(82(83(88)90-2)91(20-12-6-3-7-13-20,21-14-8-4-9-15-21)22-16-10-5-11-17-22)85-78-70-62-52-42-34-26-24-25-28-32-30(26)38-46-40(32)50-44-36(28)37-29(25)33-31-27(24)35(34)43-49-39(31)47-41(33)51-45(37)55-54(44)64-58(50)68-60(46)66(56(62)48(38)42)74(78)76(68)80-72(64)73-65(55)59(51)69-61(47)67-57(49)63(53(43)52)71(70)79(85)75(67)77(69)81(73)86(80,84)85/h3-19H,1-2H3/b19-18+. The second-order valence-corrected chi connectivity index (χ2v) is 33.8. The van der Waals surface area contributed by atoms with Crippen LogP contribution in [0.2, 0.25) is 0 Å². The van der Waals surface area contributed by atoms with Gasteiger partial charge in [0.05, 0.1) is 35.8 Å². The van der Waals surface area contributed by atoms with Crippen molar-refractivity contribution < 1.29 is 19.1 Å². The minimum absolute atomic E-state index is 0.310. The van der Waals surface area contributed by atoms with E-state index in [4.69, 9.17) is 9.47 Å². The zero-order valence-electron chi connectivity index (χ0n) is 47.4. The lowest BCUT2D eigenvalue weighted by Crippen LogP contribution is -2.41. The summed E-state index contributed by atoms with van der Waals surface area (Å²) in [5.41, 5.74) is 2.50. The lowest BCUT2D eigenvalue weighted by molar-refractivity contribution is -0.135. The van der Waals surface area contributed by atoms with Crippen LogP contribution in [0.5, 0.6) is 0 Å². The monoisotopic (exact) mass is 1150 g/mol. The molecule has 91 heavy (non-hydrogen) atoms. The Morgan fingerprint density at radius 3 is 0.637 bits per heavy atom. The third-order valence-electron chi connectivity index (χ3n) is 29.6. The highest BCUT2D eigenvalue weighted by Crippen LogP contribution is 2.97. The number of benzene rings is 21. The Morgan fingerprint density at radius 2 is 0.462 bits per heavy atom. The first-order valence-electron chi connectivity index (χ1n) is 32.7. The molecular weight excluding hydrogens is 1130 g/mol. The summed E-state index contributed by atoms with van der Waals surface area (Å²) < 4.78 is 12.8. The van der Waals surface area contributed by atoms with E-state index >= 15 is 9.59 Å². The molecule has 0 N–H and O–H groups in total. The van der Waals surface area contributed by atoms with Gasteiger partial charge in [0, 0.05) is 6.08 Å². The smallest absolute Gasteiger partial charge is 0.335 e. The molecule has 396 valence electrons. The minimum Gasteiger partial charge on any atom is -0.466 e. The first-order valence-corrected chi connectivity index (χ1v) is 34.5. The fourth-order valence-electron chi connectivity index (χ4n) is 29.0. The van der Waals surface area contributed by atoms with E-state index in [0.29, 0.717) is 0 Å². The summed E-state index contributed by atoms with van der Waals surface area (Å²) in [4.78, 5) is 33.0. The summed E-state index contributed by atoms with van der Waals surface area (Å²) in [6.07, 6.45) is 4.14. The summed E-state index contributed by atoms with van der Waals surface area (Å²) in [7, 11) is 3.17. The summed E-state index contributed by atoms with van der Waals surface area (Å²) in [5, 5.41) is 85.5. The predicted molar refractivity (Wildman–Crippen MR) is 380 cm³/mol. The van der Waals surface area contributed by atoms with E-state index < -0.39 is 29.1 Å². The number of ether oxygens (including phenoxy) is 2. The summed E-state index contributed by atoms with van der Waals surface area (Å²) in [6.45, 7) is -3.44. The number of carbonyl (C=O) groups is 2. The number of rotatable bonds is 7. The van der Waals surface area contributed by atoms with Gasteiger partial charge >= 0.3 is 11.9 Å². The van der Waals surface area contributed by atoms with Crippen LogP contribution >= 0.6 is 6.89 Å². The normalized spacial score (nSPS) is 21.5. The highest BCUT2D eigenvalue weighted by molar-refractivity contribution is 7.96. The molecule has 0 unspecified atom stereocenters. The Morgan fingerprint density at radius 1 is 0.275 bits per heavy atom. The van der Waals surface area contributed by atoms with Crippen molar-refractivity contribution in [1.29, 1.82) is 0 Å². The van der Waals surface area contributed by atoms with Crippen LogP contribution in [0.3, 0.4) is 0 Å². The van der Waals surface area contributed by atoms with E-state index in [1.165, 1.54) is 223 Å². The summed E-state index contributed by atoms with van der Waals surface area (Å²) in [5.74, 6) is -0.726. The van der Waals surface area contributed by atoms with E-state index in [1.807, 2.05) is 0 Å². The van der Waals surface area contributed by atoms with Crippen molar-refractivity contribution in [3.63, 3.8) is 0 Å². The number of carbonyl (C=O) groups excluding carboxylic acids is 2. The fourth-order valence-corrected chi connectivity index (χ4v) is 33.9.